The number of urea groups is 1. The molecular weight excluding hydrogens is 489 g/mol. The number of hydrogen-bond donors (Lipinski definition) is 1. The summed E-state index contributed by atoms with van der Waals surface area (Å²) in [4.78, 5) is 29.3. The van der Waals surface area contributed by atoms with Gasteiger partial charge >= 0.3 is 12.2 Å². The van der Waals surface area contributed by atoms with Crippen LogP contribution in [0, 0.1) is 6.92 Å². The normalized spacial score (nSPS) is 17.5. The molecule has 9 nitrogen and oxygen atoms in total. The second-order valence-electron chi connectivity index (χ2n) is 9.41. The van der Waals surface area contributed by atoms with Crippen molar-refractivity contribution in [3.63, 3.8) is 0 Å². The maximum atomic E-state index is 14.0. The fourth-order valence-corrected chi connectivity index (χ4v) is 4.44. The van der Waals surface area contributed by atoms with Gasteiger partial charge in [-0.25, -0.2) is 4.79 Å². The molecule has 2 N–H and O–H groups in total. The number of hydrogen-bond acceptors (Lipinski definition) is 6. The molecule has 0 aliphatic carbocycles. The summed E-state index contributed by atoms with van der Waals surface area (Å²) < 4.78 is 48.3. The number of carbonyl (C=O) groups excluding carboxylic acids is 2. The van der Waals surface area contributed by atoms with Crippen LogP contribution in [0.3, 0.4) is 0 Å². The van der Waals surface area contributed by atoms with Crippen LogP contribution in [0.5, 0.6) is 0 Å². The van der Waals surface area contributed by atoms with Gasteiger partial charge in [0.2, 0.25) is 0 Å². The van der Waals surface area contributed by atoms with Gasteiger partial charge in [-0.1, -0.05) is 24.3 Å². The van der Waals surface area contributed by atoms with Crippen LogP contribution < -0.4 is 10.6 Å². The van der Waals surface area contributed by atoms with Crippen LogP contribution in [0.25, 0.3) is 0 Å². The summed E-state index contributed by atoms with van der Waals surface area (Å²) in [5.74, 6) is -1.32. The van der Waals surface area contributed by atoms with E-state index >= 15 is 0 Å². The average Bonchev–Trinajstić information content (AvgIpc) is 3.44. The van der Waals surface area contributed by atoms with E-state index in [0.717, 1.165) is 25.6 Å². The number of aryl methyl sites for hydroxylation is 1. The Morgan fingerprint density at radius 1 is 1.14 bits per heavy atom. The van der Waals surface area contributed by atoms with Crippen molar-refractivity contribution in [1.82, 2.24) is 19.6 Å². The maximum Gasteiger partial charge on any atom is 0.409 e. The monoisotopic (exact) mass is 518 g/mol. The summed E-state index contributed by atoms with van der Waals surface area (Å²) in [5.41, 5.74) is 8.46. The summed E-state index contributed by atoms with van der Waals surface area (Å²) in [6.07, 6.45) is -1.97. The first-order chi connectivity index (χ1) is 17.4. The van der Waals surface area contributed by atoms with Crippen molar-refractivity contribution in [2.75, 3.05) is 32.6 Å². The van der Waals surface area contributed by atoms with E-state index in [1.54, 1.807) is 18.9 Å². The predicted octanol–water partition coefficient (Wildman–Crippen LogP) is 3.58. The SMILES string of the molecule is Cc1cocc1C(=O)n1nc(C2CN(C(=O)N(C)C)C2C(F)(F)F)cc1N(C)Cc1ccc(CN)cc1. The van der Waals surface area contributed by atoms with E-state index in [1.165, 1.54) is 32.7 Å². The Morgan fingerprint density at radius 2 is 1.78 bits per heavy atom. The second kappa shape index (κ2) is 9.92. The van der Waals surface area contributed by atoms with E-state index in [0.29, 0.717) is 24.5 Å². The Kier molecular flexibility index (Phi) is 7.05. The highest BCUT2D eigenvalue weighted by Crippen LogP contribution is 2.44. The van der Waals surface area contributed by atoms with Crippen molar-refractivity contribution in [3.05, 3.63) is 70.8 Å². The number of likely N-dealkylation sites (tertiary alicyclic amines) is 1. The Labute approximate surface area is 212 Å². The van der Waals surface area contributed by atoms with E-state index in [1.807, 2.05) is 24.3 Å². The molecule has 0 saturated carbocycles. The average molecular weight is 519 g/mol. The zero-order valence-corrected chi connectivity index (χ0v) is 21.0. The van der Waals surface area contributed by atoms with Gasteiger partial charge in [-0.3, -0.25) is 4.79 Å². The van der Waals surface area contributed by atoms with Crippen LogP contribution >= 0.6 is 0 Å². The topological polar surface area (TPSA) is 101 Å². The fraction of sp³-hybridized carbons (Fsp3) is 0.400. The largest absolute Gasteiger partial charge is 0.471 e. The molecule has 3 aromatic rings. The molecule has 2 aromatic heterocycles. The number of furan rings is 1. The highest BCUT2D eigenvalue weighted by molar-refractivity contribution is 5.98. The third kappa shape index (κ3) is 5.06. The number of nitrogens with zero attached hydrogens (tertiary/aromatic N) is 5. The number of amides is 2. The van der Waals surface area contributed by atoms with Crippen LogP contribution in [0.2, 0.25) is 0 Å². The third-order valence-corrected chi connectivity index (χ3v) is 6.51. The molecule has 1 fully saturated rings. The number of nitrogens with two attached hydrogens (primary N) is 1. The molecule has 1 aliphatic rings. The molecule has 1 aliphatic heterocycles. The molecule has 37 heavy (non-hydrogen) atoms. The predicted molar refractivity (Wildman–Crippen MR) is 130 cm³/mol. The lowest BCUT2D eigenvalue weighted by atomic mass is 9.85. The highest BCUT2D eigenvalue weighted by atomic mass is 19.4. The molecule has 198 valence electrons. The van der Waals surface area contributed by atoms with Crippen molar-refractivity contribution in [1.29, 1.82) is 0 Å². The van der Waals surface area contributed by atoms with Crippen LogP contribution in [-0.2, 0) is 13.1 Å². The number of benzene rings is 1. The van der Waals surface area contributed by atoms with Crippen LogP contribution in [-0.4, -0.2) is 71.4 Å². The Bertz CT molecular complexity index is 1280. The van der Waals surface area contributed by atoms with Crippen molar-refractivity contribution in [3.8, 4) is 0 Å². The minimum atomic E-state index is -4.67. The smallest absolute Gasteiger partial charge is 0.409 e. The summed E-state index contributed by atoms with van der Waals surface area (Å²) in [6, 6.07) is 6.30. The first kappa shape index (κ1) is 26.3. The second-order valence-corrected chi connectivity index (χ2v) is 9.41. The van der Waals surface area contributed by atoms with Gasteiger partial charge in [0.1, 0.15) is 18.1 Å². The fourth-order valence-electron chi connectivity index (χ4n) is 4.44. The number of aromatic nitrogens is 2. The van der Waals surface area contributed by atoms with E-state index in [9.17, 15) is 22.8 Å². The van der Waals surface area contributed by atoms with Crippen LogP contribution in [0.1, 0.15) is 38.7 Å². The number of carbonyl (C=O) groups is 2. The van der Waals surface area contributed by atoms with Gasteiger partial charge in [-0.05, 0) is 18.1 Å². The van der Waals surface area contributed by atoms with Crippen molar-refractivity contribution < 1.29 is 27.2 Å². The first-order valence-electron chi connectivity index (χ1n) is 11.6. The highest BCUT2D eigenvalue weighted by Gasteiger charge is 2.58. The Balaban J connectivity index is 1.71. The van der Waals surface area contributed by atoms with Crippen molar-refractivity contribution >= 4 is 17.8 Å². The van der Waals surface area contributed by atoms with Crippen molar-refractivity contribution in [2.45, 2.75) is 38.1 Å². The maximum absolute atomic E-state index is 14.0. The summed E-state index contributed by atoms with van der Waals surface area (Å²) in [6.45, 7) is 2.30. The number of alkyl halides is 3. The van der Waals surface area contributed by atoms with E-state index in [2.05, 4.69) is 5.10 Å². The lowest BCUT2D eigenvalue weighted by Gasteiger charge is -2.48. The number of halogens is 3. The molecule has 0 radical (unpaired) electrons. The van der Waals surface area contributed by atoms with Gasteiger partial charge in [-0.2, -0.15) is 23.0 Å². The van der Waals surface area contributed by atoms with E-state index in [4.69, 9.17) is 10.2 Å². The minimum Gasteiger partial charge on any atom is -0.471 e. The molecule has 2 unspecified atom stereocenters. The lowest BCUT2D eigenvalue weighted by molar-refractivity contribution is -0.208. The van der Waals surface area contributed by atoms with E-state index < -0.39 is 30.1 Å². The molecule has 2 amide bonds. The number of rotatable bonds is 6. The molecule has 4 rings (SSSR count). The third-order valence-electron chi connectivity index (χ3n) is 6.51. The van der Waals surface area contributed by atoms with Crippen LogP contribution in [0.4, 0.5) is 23.8 Å². The first-order valence-corrected chi connectivity index (χ1v) is 11.6. The number of anilines is 1. The van der Waals surface area contributed by atoms with Crippen molar-refractivity contribution in [2.24, 2.45) is 5.73 Å². The van der Waals surface area contributed by atoms with Gasteiger partial charge in [0, 0.05) is 52.4 Å². The molecule has 1 saturated heterocycles. The quantitative estimate of drug-likeness (QED) is 0.536. The van der Waals surface area contributed by atoms with Gasteiger partial charge in [0.15, 0.2) is 0 Å². The van der Waals surface area contributed by atoms with Crippen LogP contribution in [0.15, 0.2) is 47.3 Å². The molecule has 1 aromatic carbocycles. The van der Waals surface area contributed by atoms with Gasteiger partial charge in [0.05, 0.1) is 23.4 Å². The molecule has 12 heteroatoms. The molecule has 3 heterocycles. The molecular formula is C25H29F3N6O3. The van der Waals surface area contributed by atoms with E-state index in [-0.39, 0.29) is 17.8 Å². The van der Waals surface area contributed by atoms with Gasteiger partial charge in [-0.15, -0.1) is 0 Å². The summed E-state index contributed by atoms with van der Waals surface area (Å²) in [5, 5.41) is 4.34. The molecule has 0 spiro atoms. The zero-order valence-electron chi connectivity index (χ0n) is 21.0. The van der Waals surface area contributed by atoms with Gasteiger partial charge in [0.25, 0.3) is 5.91 Å². The summed E-state index contributed by atoms with van der Waals surface area (Å²) >= 11 is 0. The molecule has 0 bridgehead atoms. The summed E-state index contributed by atoms with van der Waals surface area (Å²) in [7, 11) is 4.53. The minimum absolute atomic E-state index is 0.0833. The Morgan fingerprint density at radius 3 is 2.32 bits per heavy atom. The zero-order chi connectivity index (χ0) is 27.1. The standard InChI is InChI=1S/C25H29F3N6O3/c1-15-13-37-14-19(15)23(35)34-21(32(4)11-17-7-5-16(10-29)6-8-17)9-20(30-34)18-12-33(24(36)31(2)3)22(18)25(26,27)28/h5-9,13-14,18,22H,10-12,29H2,1-4H3. The van der Waals surface area contributed by atoms with Gasteiger partial charge < -0.3 is 24.9 Å². The lowest BCUT2D eigenvalue weighted by Crippen LogP contribution is -2.65. The molecule has 2 atom stereocenters. The Hall–Kier alpha value is -3.80.